The fraction of sp³-hybridized carbons (Fsp3) is 0.205. The van der Waals surface area contributed by atoms with Gasteiger partial charge in [-0.2, -0.15) is 0 Å². The summed E-state index contributed by atoms with van der Waals surface area (Å²) < 4.78 is 45.2. The topological polar surface area (TPSA) is 142 Å². The Morgan fingerprint density at radius 2 is 1.51 bits per heavy atom. The SMILES string of the molecule is CNC(=O)c1c(-c2cccc(N3CCN(c4ccc(NS(=O)(=O)c5ccc(NCCSc6ccccc6)c([N+](=O)[O-])c5)cc4)CC3)c2)c(-c2ccc(F)cc2)n(C)c1C. The lowest BCUT2D eigenvalue weighted by molar-refractivity contribution is -0.384. The predicted molar refractivity (Wildman–Crippen MR) is 235 cm³/mol. The van der Waals surface area contributed by atoms with Crippen molar-refractivity contribution in [2.75, 3.05) is 65.4 Å². The van der Waals surface area contributed by atoms with Crippen LogP contribution in [0.1, 0.15) is 16.1 Å². The third-order valence-electron chi connectivity index (χ3n) is 10.4. The number of nitro benzene ring substituents is 1. The summed E-state index contributed by atoms with van der Waals surface area (Å²) in [6.45, 7) is 5.21. The van der Waals surface area contributed by atoms with Gasteiger partial charge in [-0.25, -0.2) is 12.8 Å². The molecule has 1 aliphatic heterocycles. The highest BCUT2D eigenvalue weighted by molar-refractivity contribution is 7.99. The van der Waals surface area contributed by atoms with E-state index in [4.69, 9.17) is 0 Å². The first-order valence-corrected chi connectivity index (χ1v) is 21.5. The van der Waals surface area contributed by atoms with Crippen LogP contribution in [0.2, 0.25) is 0 Å². The van der Waals surface area contributed by atoms with Gasteiger partial charge in [-0.05, 0) is 103 Å². The summed E-state index contributed by atoms with van der Waals surface area (Å²) in [4.78, 5) is 30.0. The van der Waals surface area contributed by atoms with Gasteiger partial charge in [0.1, 0.15) is 11.5 Å². The van der Waals surface area contributed by atoms with Crippen LogP contribution in [0.5, 0.6) is 0 Å². The second kappa shape index (κ2) is 17.7. The van der Waals surface area contributed by atoms with Gasteiger partial charge in [0.15, 0.2) is 0 Å². The zero-order valence-corrected chi connectivity index (χ0v) is 34.4. The molecule has 1 aliphatic rings. The van der Waals surface area contributed by atoms with Crippen molar-refractivity contribution in [2.24, 2.45) is 7.05 Å². The number of sulfonamides is 1. The minimum atomic E-state index is -4.12. The van der Waals surface area contributed by atoms with E-state index in [9.17, 15) is 27.7 Å². The number of piperazine rings is 1. The summed E-state index contributed by atoms with van der Waals surface area (Å²) in [5.74, 6) is 0.135. The molecule has 0 saturated carbocycles. The molecule has 1 fully saturated rings. The molecule has 0 unspecified atom stereocenters. The van der Waals surface area contributed by atoms with Crippen LogP contribution >= 0.6 is 11.8 Å². The van der Waals surface area contributed by atoms with E-state index in [1.807, 2.05) is 73.1 Å². The molecule has 7 rings (SSSR count). The summed E-state index contributed by atoms with van der Waals surface area (Å²) >= 11 is 1.61. The highest BCUT2D eigenvalue weighted by Gasteiger charge is 2.27. The Bertz CT molecular complexity index is 2580. The number of nitrogens with one attached hydrogen (secondary N) is 3. The number of anilines is 4. The maximum absolute atomic E-state index is 13.9. The first-order valence-electron chi connectivity index (χ1n) is 19.0. The minimum absolute atomic E-state index is 0.199. The van der Waals surface area contributed by atoms with Crippen molar-refractivity contribution >= 4 is 56.1 Å². The molecule has 15 heteroatoms. The van der Waals surface area contributed by atoms with Crippen LogP contribution in [0.4, 0.5) is 32.8 Å². The lowest BCUT2D eigenvalue weighted by Crippen LogP contribution is -2.46. The number of hydrogen-bond acceptors (Lipinski definition) is 9. The van der Waals surface area contributed by atoms with Gasteiger partial charge in [0.2, 0.25) is 0 Å². The number of carbonyl (C=O) groups is 1. The molecule has 59 heavy (non-hydrogen) atoms. The van der Waals surface area contributed by atoms with Gasteiger partial charge in [-0.1, -0.05) is 30.3 Å². The Morgan fingerprint density at radius 3 is 2.17 bits per heavy atom. The lowest BCUT2D eigenvalue weighted by Gasteiger charge is -2.37. The van der Waals surface area contributed by atoms with Gasteiger partial charge in [0.25, 0.3) is 21.6 Å². The molecule has 0 atom stereocenters. The smallest absolute Gasteiger partial charge is 0.293 e. The number of halogens is 1. The molecule has 0 bridgehead atoms. The highest BCUT2D eigenvalue weighted by Crippen LogP contribution is 2.40. The monoisotopic (exact) mass is 833 g/mol. The van der Waals surface area contributed by atoms with E-state index in [1.165, 1.54) is 24.3 Å². The van der Waals surface area contributed by atoms with Crippen molar-refractivity contribution in [3.05, 3.63) is 149 Å². The maximum atomic E-state index is 13.9. The van der Waals surface area contributed by atoms with Crippen molar-refractivity contribution in [1.82, 2.24) is 9.88 Å². The Morgan fingerprint density at radius 1 is 0.831 bits per heavy atom. The van der Waals surface area contributed by atoms with Gasteiger partial charge >= 0.3 is 0 Å². The van der Waals surface area contributed by atoms with Crippen LogP contribution < -0.4 is 25.2 Å². The van der Waals surface area contributed by atoms with Crippen molar-refractivity contribution < 1.29 is 22.5 Å². The third kappa shape index (κ3) is 9.06. The van der Waals surface area contributed by atoms with Gasteiger partial charge in [-0.15, -0.1) is 11.8 Å². The van der Waals surface area contributed by atoms with Crippen LogP contribution in [-0.2, 0) is 17.1 Å². The zero-order chi connectivity index (χ0) is 41.7. The molecule has 0 spiro atoms. The van der Waals surface area contributed by atoms with E-state index in [-0.39, 0.29) is 28.0 Å². The molecule has 5 aromatic carbocycles. The second-order valence-corrected chi connectivity index (χ2v) is 16.9. The molecule has 12 nitrogen and oxygen atoms in total. The molecule has 0 aliphatic carbocycles. The normalized spacial score (nSPS) is 12.9. The molecule has 0 radical (unpaired) electrons. The van der Waals surface area contributed by atoms with E-state index < -0.39 is 14.9 Å². The second-order valence-electron chi connectivity index (χ2n) is 14.0. The molecule has 6 aromatic rings. The molecule has 1 amide bonds. The van der Waals surface area contributed by atoms with E-state index in [1.54, 1.807) is 43.1 Å². The fourth-order valence-corrected chi connectivity index (χ4v) is 9.19. The van der Waals surface area contributed by atoms with Crippen LogP contribution in [0.25, 0.3) is 22.4 Å². The first kappa shape index (κ1) is 40.9. The number of nitro groups is 1. The molecule has 1 aromatic heterocycles. The summed E-state index contributed by atoms with van der Waals surface area (Å²) in [7, 11) is -0.600. The highest BCUT2D eigenvalue weighted by atomic mass is 32.2. The van der Waals surface area contributed by atoms with Gasteiger partial charge in [0, 0.05) is 91.9 Å². The molecule has 3 N–H and O–H groups in total. The molecule has 1 saturated heterocycles. The van der Waals surface area contributed by atoms with Crippen molar-refractivity contribution in [3.8, 4) is 22.4 Å². The summed E-state index contributed by atoms with van der Waals surface area (Å²) in [6.07, 6.45) is 0. The summed E-state index contributed by atoms with van der Waals surface area (Å²) in [5, 5.41) is 17.8. The Labute approximate surface area is 347 Å². The number of carbonyl (C=O) groups excluding carboxylic acids is 1. The largest absolute Gasteiger partial charge is 0.379 e. The fourth-order valence-electron chi connectivity index (χ4n) is 7.32. The maximum Gasteiger partial charge on any atom is 0.293 e. The summed E-state index contributed by atoms with van der Waals surface area (Å²) in [6, 6.07) is 35.2. The number of amides is 1. The number of hydrogen-bond donors (Lipinski definition) is 3. The Hall–Kier alpha value is -6.32. The standard InChI is InChI=1S/C44H44FN7O5S2/c1-30-41(44(53)46-2)42(43(49(30)3)31-12-14-33(45)15-13-31)32-8-7-9-36(28-32)51-25-23-50(24-26-51)35-18-16-34(17-19-35)48-59(56,57)38-20-21-39(40(29-38)52(54)55)47-22-27-58-37-10-5-4-6-11-37/h4-21,28-29,47-48H,22-27H2,1-3H3,(H,46,53). The van der Waals surface area contributed by atoms with E-state index in [0.29, 0.717) is 49.7 Å². The lowest BCUT2D eigenvalue weighted by atomic mass is 9.96. The molecular formula is C44H44FN7O5S2. The Balaban J connectivity index is 1.00. The van der Waals surface area contributed by atoms with Crippen LogP contribution in [0, 0.1) is 22.9 Å². The van der Waals surface area contributed by atoms with E-state index in [0.717, 1.165) is 50.4 Å². The number of aromatic nitrogens is 1. The van der Waals surface area contributed by atoms with Crippen LogP contribution in [0.15, 0.2) is 131 Å². The summed E-state index contributed by atoms with van der Waals surface area (Å²) in [5.41, 5.74) is 6.84. The average molecular weight is 834 g/mol. The number of benzene rings is 5. The molecule has 2 heterocycles. The van der Waals surface area contributed by atoms with Crippen molar-refractivity contribution in [2.45, 2.75) is 16.7 Å². The first-order chi connectivity index (χ1) is 28.4. The molecular weight excluding hydrogens is 790 g/mol. The van der Waals surface area contributed by atoms with Crippen LogP contribution in [0.3, 0.4) is 0 Å². The van der Waals surface area contributed by atoms with Gasteiger partial charge < -0.3 is 25.0 Å². The number of thioether (sulfide) groups is 1. The van der Waals surface area contributed by atoms with E-state index in [2.05, 4.69) is 37.3 Å². The van der Waals surface area contributed by atoms with Crippen molar-refractivity contribution in [1.29, 1.82) is 0 Å². The number of nitrogens with zero attached hydrogens (tertiary/aromatic N) is 4. The number of rotatable bonds is 14. The average Bonchev–Trinajstić information content (AvgIpc) is 3.52. The minimum Gasteiger partial charge on any atom is -0.379 e. The third-order valence-corrected chi connectivity index (χ3v) is 12.8. The predicted octanol–water partition coefficient (Wildman–Crippen LogP) is 8.41. The van der Waals surface area contributed by atoms with Gasteiger partial charge in [-0.3, -0.25) is 19.6 Å². The van der Waals surface area contributed by atoms with E-state index >= 15 is 0 Å². The quantitative estimate of drug-likeness (QED) is 0.0427. The Kier molecular flexibility index (Phi) is 12.2. The van der Waals surface area contributed by atoms with Crippen LogP contribution in [-0.4, -0.2) is 69.3 Å². The molecule has 304 valence electrons. The van der Waals surface area contributed by atoms with Gasteiger partial charge in [0.05, 0.1) is 21.1 Å². The van der Waals surface area contributed by atoms with Crippen molar-refractivity contribution in [3.63, 3.8) is 0 Å². The zero-order valence-electron chi connectivity index (χ0n) is 32.8.